The van der Waals surface area contributed by atoms with E-state index in [2.05, 4.69) is 20.4 Å². The summed E-state index contributed by atoms with van der Waals surface area (Å²) in [6.07, 6.45) is 0.363. The molecule has 8 nitrogen and oxygen atoms in total. The number of hydrogen-bond donors (Lipinski definition) is 2. The number of rotatable bonds is 7. The van der Waals surface area contributed by atoms with Crippen LogP contribution in [0.4, 0.5) is 13.2 Å². The van der Waals surface area contributed by atoms with Crippen LogP contribution in [-0.2, 0) is 13.2 Å². The average molecular weight is 447 g/mol. The third-order valence-electron chi connectivity index (χ3n) is 5.03. The van der Waals surface area contributed by atoms with Gasteiger partial charge in [0.05, 0.1) is 24.4 Å². The van der Waals surface area contributed by atoms with Gasteiger partial charge in [-0.1, -0.05) is 0 Å². The quantitative estimate of drug-likeness (QED) is 0.577. The fourth-order valence-electron chi connectivity index (χ4n) is 3.16. The largest absolute Gasteiger partial charge is 0.453 e. The number of benzene rings is 1. The van der Waals surface area contributed by atoms with Crippen molar-refractivity contribution in [2.45, 2.75) is 25.1 Å². The summed E-state index contributed by atoms with van der Waals surface area (Å²) in [5.41, 5.74) is -0.198. The molecule has 1 aliphatic carbocycles. The van der Waals surface area contributed by atoms with Crippen molar-refractivity contribution in [3.63, 3.8) is 0 Å². The Morgan fingerprint density at radius 1 is 1.28 bits per heavy atom. The van der Waals surface area contributed by atoms with Gasteiger partial charge in [-0.05, 0) is 49.1 Å². The minimum absolute atomic E-state index is 0.126. The molecule has 2 heterocycles. The second-order valence-electron chi connectivity index (χ2n) is 7.51. The van der Waals surface area contributed by atoms with Crippen LogP contribution in [0.2, 0.25) is 0 Å². The average Bonchev–Trinajstić information content (AvgIpc) is 3.52. The number of carbonyl (C=O) groups excluding carboxylic acids is 1. The maximum atomic E-state index is 12.8. The first-order valence-corrected chi connectivity index (χ1v) is 9.88. The van der Waals surface area contributed by atoms with Crippen LogP contribution in [0.25, 0.3) is 11.4 Å². The fraction of sp³-hybridized carbons (Fsp3) is 0.333. The van der Waals surface area contributed by atoms with Gasteiger partial charge < -0.3 is 15.2 Å². The van der Waals surface area contributed by atoms with Crippen molar-refractivity contribution in [3.8, 4) is 22.9 Å². The van der Waals surface area contributed by atoms with E-state index in [4.69, 9.17) is 4.74 Å². The number of aryl methyl sites for hydroxylation is 1. The molecule has 0 bridgehead atoms. The fourth-order valence-corrected chi connectivity index (χ4v) is 3.16. The topological polar surface area (TPSA) is 102 Å². The Hall–Kier alpha value is -3.47. The summed E-state index contributed by atoms with van der Waals surface area (Å²) in [7, 11) is 1.70. The lowest BCUT2D eigenvalue weighted by molar-refractivity contribution is -0.137. The highest BCUT2D eigenvalue weighted by Crippen LogP contribution is 2.34. The number of nitrogens with zero attached hydrogens (tertiary/aromatic N) is 4. The van der Waals surface area contributed by atoms with Gasteiger partial charge in [-0.2, -0.15) is 18.3 Å². The molecule has 1 aliphatic rings. The molecule has 0 unspecified atom stereocenters. The molecule has 168 valence electrons. The molecule has 0 spiro atoms. The number of amides is 1. The van der Waals surface area contributed by atoms with Crippen LogP contribution in [0.5, 0.6) is 11.5 Å². The first-order chi connectivity index (χ1) is 15.2. The SMILES string of the molecule is Cn1ccc(-c2nc(C(=O)N[C@@H](CO)C3CC3)ncc2Oc2ccc(C(F)(F)F)cc2)n1. The lowest BCUT2D eigenvalue weighted by Gasteiger charge is -2.15. The Kier molecular flexibility index (Phi) is 5.83. The summed E-state index contributed by atoms with van der Waals surface area (Å²) in [4.78, 5) is 21.0. The maximum absolute atomic E-state index is 12.8. The molecule has 0 aliphatic heterocycles. The van der Waals surface area contributed by atoms with E-state index in [1.54, 1.807) is 19.3 Å². The number of alkyl halides is 3. The molecule has 1 aromatic carbocycles. The van der Waals surface area contributed by atoms with Crippen LogP contribution < -0.4 is 10.1 Å². The summed E-state index contributed by atoms with van der Waals surface area (Å²) in [6, 6.07) is 5.48. The Balaban J connectivity index is 1.62. The molecule has 1 atom stereocenters. The Bertz CT molecular complexity index is 1110. The van der Waals surface area contributed by atoms with E-state index in [0.29, 0.717) is 5.69 Å². The molecule has 2 aromatic heterocycles. The molecule has 3 aromatic rings. The van der Waals surface area contributed by atoms with Crippen LogP contribution >= 0.6 is 0 Å². The number of hydrogen-bond acceptors (Lipinski definition) is 6. The Morgan fingerprint density at radius 2 is 2.00 bits per heavy atom. The zero-order valence-electron chi connectivity index (χ0n) is 17.0. The van der Waals surface area contributed by atoms with Crippen molar-refractivity contribution in [2.75, 3.05) is 6.61 Å². The molecule has 1 saturated carbocycles. The molecule has 1 fully saturated rings. The minimum atomic E-state index is -4.46. The van der Waals surface area contributed by atoms with Gasteiger partial charge in [-0.15, -0.1) is 0 Å². The molecule has 11 heteroatoms. The summed E-state index contributed by atoms with van der Waals surface area (Å²) in [5, 5.41) is 16.5. The lowest BCUT2D eigenvalue weighted by Crippen LogP contribution is -2.39. The van der Waals surface area contributed by atoms with E-state index in [1.807, 2.05) is 0 Å². The van der Waals surface area contributed by atoms with Gasteiger partial charge in [0.2, 0.25) is 5.82 Å². The molecule has 2 N–H and O–H groups in total. The van der Waals surface area contributed by atoms with Crippen LogP contribution in [0.15, 0.2) is 42.7 Å². The normalized spacial score (nSPS) is 14.8. The second kappa shape index (κ2) is 8.58. The van der Waals surface area contributed by atoms with Gasteiger partial charge >= 0.3 is 6.18 Å². The Morgan fingerprint density at radius 3 is 2.56 bits per heavy atom. The van der Waals surface area contributed by atoms with Crippen molar-refractivity contribution < 1.29 is 27.8 Å². The van der Waals surface area contributed by atoms with Gasteiger partial charge in [-0.25, -0.2) is 9.97 Å². The van der Waals surface area contributed by atoms with Crippen LogP contribution in [-0.4, -0.2) is 43.4 Å². The van der Waals surface area contributed by atoms with E-state index in [-0.39, 0.29) is 41.6 Å². The molecule has 4 rings (SSSR count). The van der Waals surface area contributed by atoms with E-state index >= 15 is 0 Å². The molecule has 0 saturated heterocycles. The van der Waals surface area contributed by atoms with Gasteiger partial charge in [0.1, 0.15) is 17.1 Å². The highest BCUT2D eigenvalue weighted by atomic mass is 19.4. The van der Waals surface area contributed by atoms with Gasteiger partial charge in [0.25, 0.3) is 5.91 Å². The van der Waals surface area contributed by atoms with Crippen molar-refractivity contribution in [2.24, 2.45) is 13.0 Å². The maximum Gasteiger partial charge on any atom is 0.416 e. The monoisotopic (exact) mass is 447 g/mol. The molecule has 32 heavy (non-hydrogen) atoms. The van der Waals surface area contributed by atoms with Gasteiger partial charge in [-0.3, -0.25) is 9.48 Å². The smallest absolute Gasteiger partial charge is 0.416 e. The first kappa shape index (κ1) is 21.8. The van der Waals surface area contributed by atoms with E-state index in [0.717, 1.165) is 25.0 Å². The van der Waals surface area contributed by atoms with Gasteiger partial charge in [0, 0.05) is 13.2 Å². The Labute approximate surface area is 181 Å². The number of halogens is 3. The number of aliphatic hydroxyl groups is 1. The summed E-state index contributed by atoms with van der Waals surface area (Å²) < 4.78 is 45.6. The highest BCUT2D eigenvalue weighted by molar-refractivity contribution is 5.91. The van der Waals surface area contributed by atoms with E-state index < -0.39 is 17.6 Å². The molecular weight excluding hydrogens is 427 g/mol. The second-order valence-corrected chi connectivity index (χ2v) is 7.51. The molecular formula is C21H20F3N5O3. The standard InChI is InChI=1S/C21H20F3N5O3/c1-29-9-8-15(28-29)18-17(32-14-6-4-13(5-7-14)21(22,23)24)10-25-19(27-18)20(31)26-16(11-30)12-2-3-12/h4-10,12,16,30H,2-3,11H2,1H3,(H,26,31)/t16-/m0/s1. The number of ether oxygens (including phenoxy) is 1. The van der Waals surface area contributed by atoms with Gasteiger partial charge in [0.15, 0.2) is 5.75 Å². The van der Waals surface area contributed by atoms with Crippen LogP contribution in [0, 0.1) is 5.92 Å². The van der Waals surface area contributed by atoms with E-state index in [1.165, 1.54) is 23.0 Å². The van der Waals surface area contributed by atoms with Crippen LogP contribution in [0.1, 0.15) is 29.0 Å². The van der Waals surface area contributed by atoms with Crippen molar-refractivity contribution in [1.82, 2.24) is 25.1 Å². The molecule has 0 radical (unpaired) electrons. The van der Waals surface area contributed by atoms with Crippen molar-refractivity contribution in [1.29, 1.82) is 0 Å². The summed E-state index contributed by atoms with van der Waals surface area (Å²) >= 11 is 0. The highest BCUT2D eigenvalue weighted by Gasteiger charge is 2.33. The zero-order chi connectivity index (χ0) is 22.9. The van der Waals surface area contributed by atoms with Crippen molar-refractivity contribution >= 4 is 5.91 Å². The van der Waals surface area contributed by atoms with Crippen LogP contribution in [0.3, 0.4) is 0 Å². The zero-order valence-corrected chi connectivity index (χ0v) is 17.0. The summed E-state index contributed by atoms with van der Waals surface area (Å²) in [5.74, 6) is -0.175. The number of nitrogens with one attached hydrogen (secondary N) is 1. The number of aromatic nitrogens is 4. The minimum Gasteiger partial charge on any atom is -0.453 e. The third kappa shape index (κ3) is 4.88. The number of aliphatic hydroxyl groups excluding tert-OH is 1. The predicted octanol–water partition coefficient (Wildman–Crippen LogP) is 3.19. The molecule has 1 amide bonds. The van der Waals surface area contributed by atoms with Crippen molar-refractivity contribution in [3.05, 3.63) is 54.1 Å². The number of carbonyl (C=O) groups is 1. The van der Waals surface area contributed by atoms with E-state index in [9.17, 15) is 23.1 Å². The third-order valence-corrected chi connectivity index (χ3v) is 5.03. The first-order valence-electron chi connectivity index (χ1n) is 9.88. The predicted molar refractivity (Wildman–Crippen MR) is 107 cm³/mol. The lowest BCUT2D eigenvalue weighted by atomic mass is 10.2. The summed E-state index contributed by atoms with van der Waals surface area (Å²) in [6.45, 7) is -0.182.